The molecule has 1 heterocycles. The van der Waals surface area contributed by atoms with E-state index in [0.29, 0.717) is 11.4 Å². The fraction of sp³-hybridized carbons (Fsp3) is 0.211. The molecular formula is C19H18N2O2. The molecule has 0 aliphatic carbocycles. The number of aryl methyl sites for hydroxylation is 1. The van der Waals surface area contributed by atoms with Crippen LogP contribution in [0.5, 0.6) is 0 Å². The number of benzene rings is 2. The monoisotopic (exact) mass is 306 g/mol. The summed E-state index contributed by atoms with van der Waals surface area (Å²) in [6.07, 6.45) is 0.244. The SMILES string of the molecule is CC1=NN(c2ccccc2)C(=O)C1C(=O)Cc1cccc(C)c1. The van der Waals surface area contributed by atoms with Crippen molar-refractivity contribution in [2.24, 2.45) is 11.0 Å². The van der Waals surface area contributed by atoms with Gasteiger partial charge in [-0.3, -0.25) is 9.59 Å². The van der Waals surface area contributed by atoms with Crippen molar-refractivity contribution in [2.75, 3.05) is 5.01 Å². The van der Waals surface area contributed by atoms with Gasteiger partial charge in [-0.15, -0.1) is 0 Å². The molecule has 1 unspecified atom stereocenters. The Morgan fingerprint density at radius 3 is 2.52 bits per heavy atom. The van der Waals surface area contributed by atoms with E-state index in [2.05, 4.69) is 5.10 Å². The lowest BCUT2D eigenvalue weighted by Gasteiger charge is -2.13. The molecule has 2 aromatic rings. The van der Waals surface area contributed by atoms with Gasteiger partial charge in [0.1, 0.15) is 5.92 Å². The Labute approximate surface area is 135 Å². The van der Waals surface area contributed by atoms with Gasteiger partial charge in [-0.1, -0.05) is 48.0 Å². The number of carbonyl (C=O) groups excluding carboxylic acids is 2. The first-order chi connectivity index (χ1) is 11.1. The molecule has 23 heavy (non-hydrogen) atoms. The average Bonchev–Trinajstić information content (AvgIpc) is 2.83. The molecule has 0 saturated heterocycles. The fourth-order valence-corrected chi connectivity index (χ4v) is 2.82. The number of carbonyl (C=O) groups is 2. The Morgan fingerprint density at radius 1 is 1.09 bits per heavy atom. The lowest BCUT2D eigenvalue weighted by molar-refractivity contribution is -0.128. The molecule has 0 N–H and O–H groups in total. The third-order valence-corrected chi connectivity index (χ3v) is 3.91. The van der Waals surface area contributed by atoms with Gasteiger partial charge >= 0.3 is 0 Å². The van der Waals surface area contributed by atoms with Crippen LogP contribution in [-0.4, -0.2) is 17.4 Å². The number of Topliss-reactive ketones (excluding diaryl/α,β-unsaturated/α-hetero) is 1. The van der Waals surface area contributed by atoms with E-state index in [1.54, 1.807) is 6.92 Å². The summed E-state index contributed by atoms with van der Waals surface area (Å²) < 4.78 is 0. The van der Waals surface area contributed by atoms with E-state index in [0.717, 1.165) is 11.1 Å². The largest absolute Gasteiger partial charge is 0.298 e. The highest BCUT2D eigenvalue weighted by molar-refractivity contribution is 6.27. The van der Waals surface area contributed by atoms with Crippen molar-refractivity contribution >= 4 is 23.1 Å². The zero-order chi connectivity index (χ0) is 16.4. The molecule has 4 nitrogen and oxygen atoms in total. The van der Waals surface area contributed by atoms with Crippen LogP contribution in [0.3, 0.4) is 0 Å². The second-order valence-corrected chi connectivity index (χ2v) is 5.79. The maximum absolute atomic E-state index is 12.6. The van der Waals surface area contributed by atoms with E-state index in [-0.39, 0.29) is 18.1 Å². The van der Waals surface area contributed by atoms with Crippen LogP contribution >= 0.6 is 0 Å². The second kappa shape index (κ2) is 6.16. The van der Waals surface area contributed by atoms with Crippen molar-refractivity contribution in [1.29, 1.82) is 0 Å². The van der Waals surface area contributed by atoms with E-state index in [1.165, 1.54) is 5.01 Å². The van der Waals surface area contributed by atoms with Crippen molar-refractivity contribution in [3.8, 4) is 0 Å². The summed E-state index contributed by atoms with van der Waals surface area (Å²) in [5.74, 6) is -1.16. The summed E-state index contributed by atoms with van der Waals surface area (Å²) in [6.45, 7) is 3.72. The van der Waals surface area contributed by atoms with Crippen LogP contribution < -0.4 is 5.01 Å². The van der Waals surface area contributed by atoms with Gasteiger partial charge in [-0.05, 0) is 31.5 Å². The molecule has 0 spiro atoms. The van der Waals surface area contributed by atoms with Gasteiger partial charge in [-0.2, -0.15) is 10.1 Å². The highest BCUT2D eigenvalue weighted by Crippen LogP contribution is 2.25. The Balaban J connectivity index is 1.80. The summed E-state index contributed by atoms with van der Waals surface area (Å²) in [7, 11) is 0. The highest BCUT2D eigenvalue weighted by Gasteiger charge is 2.39. The van der Waals surface area contributed by atoms with Gasteiger partial charge in [0, 0.05) is 6.42 Å². The number of para-hydroxylation sites is 1. The molecule has 0 saturated carbocycles. The number of nitrogens with zero attached hydrogens (tertiary/aromatic N) is 2. The Morgan fingerprint density at radius 2 is 1.83 bits per heavy atom. The van der Waals surface area contributed by atoms with Gasteiger partial charge in [0.15, 0.2) is 5.78 Å². The third-order valence-electron chi connectivity index (χ3n) is 3.91. The molecule has 0 bridgehead atoms. The maximum atomic E-state index is 12.6. The van der Waals surface area contributed by atoms with Crippen molar-refractivity contribution in [2.45, 2.75) is 20.3 Å². The smallest absolute Gasteiger partial charge is 0.263 e. The van der Waals surface area contributed by atoms with Gasteiger partial charge in [-0.25, -0.2) is 0 Å². The zero-order valence-corrected chi connectivity index (χ0v) is 13.2. The summed E-state index contributed by atoms with van der Waals surface area (Å²) in [5.41, 5.74) is 3.26. The summed E-state index contributed by atoms with van der Waals surface area (Å²) in [5, 5.41) is 5.61. The molecule has 0 fully saturated rings. The van der Waals surface area contributed by atoms with Gasteiger partial charge in [0.05, 0.1) is 11.4 Å². The minimum atomic E-state index is -0.782. The van der Waals surface area contributed by atoms with Crippen LogP contribution in [0.2, 0.25) is 0 Å². The third kappa shape index (κ3) is 3.06. The van der Waals surface area contributed by atoms with Gasteiger partial charge in [0.25, 0.3) is 5.91 Å². The predicted octanol–water partition coefficient (Wildman–Crippen LogP) is 3.15. The summed E-state index contributed by atoms with van der Waals surface area (Å²) in [6, 6.07) is 17.0. The maximum Gasteiger partial charge on any atom is 0.263 e. The summed E-state index contributed by atoms with van der Waals surface area (Å²) in [4.78, 5) is 25.2. The fourth-order valence-electron chi connectivity index (χ4n) is 2.82. The number of hydrogen-bond donors (Lipinski definition) is 0. The standard InChI is InChI=1S/C19H18N2O2/c1-13-7-6-8-15(11-13)12-17(22)18-14(2)20-21(19(18)23)16-9-4-3-5-10-16/h3-11,18H,12H2,1-2H3. The van der Waals surface area contributed by atoms with Crippen molar-refractivity contribution in [3.05, 3.63) is 65.7 Å². The zero-order valence-electron chi connectivity index (χ0n) is 13.2. The molecule has 1 amide bonds. The van der Waals surface area contributed by atoms with E-state index >= 15 is 0 Å². The number of hydrazone groups is 1. The van der Waals surface area contributed by atoms with Crippen molar-refractivity contribution in [1.82, 2.24) is 0 Å². The van der Waals surface area contributed by atoms with E-state index in [4.69, 9.17) is 0 Å². The number of rotatable bonds is 4. The number of hydrogen-bond acceptors (Lipinski definition) is 3. The van der Waals surface area contributed by atoms with Gasteiger partial charge in [0.2, 0.25) is 0 Å². The normalized spacial score (nSPS) is 17.3. The van der Waals surface area contributed by atoms with Crippen LogP contribution in [0, 0.1) is 12.8 Å². The topological polar surface area (TPSA) is 49.7 Å². The Kier molecular flexibility index (Phi) is 4.06. The molecule has 0 aromatic heterocycles. The molecule has 1 atom stereocenters. The van der Waals surface area contributed by atoms with E-state index < -0.39 is 5.92 Å². The second-order valence-electron chi connectivity index (χ2n) is 5.79. The molecule has 1 aliphatic rings. The van der Waals surface area contributed by atoms with Crippen LogP contribution in [-0.2, 0) is 16.0 Å². The first-order valence-electron chi connectivity index (χ1n) is 7.58. The molecule has 2 aromatic carbocycles. The van der Waals surface area contributed by atoms with E-state index in [9.17, 15) is 9.59 Å². The molecular weight excluding hydrogens is 288 g/mol. The highest BCUT2D eigenvalue weighted by atomic mass is 16.2. The first-order valence-corrected chi connectivity index (χ1v) is 7.58. The Bertz CT molecular complexity index is 781. The summed E-state index contributed by atoms with van der Waals surface area (Å²) >= 11 is 0. The average molecular weight is 306 g/mol. The molecule has 116 valence electrons. The van der Waals surface area contributed by atoms with Gasteiger partial charge < -0.3 is 0 Å². The van der Waals surface area contributed by atoms with Crippen LogP contribution in [0.4, 0.5) is 5.69 Å². The van der Waals surface area contributed by atoms with Crippen LogP contribution in [0.1, 0.15) is 18.1 Å². The van der Waals surface area contributed by atoms with Crippen LogP contribution in [0.15, 0.2) is 59.7 Å². The lowest BCUT2D eigenvalue weighted by Crippen LogP contribution is -2.33. The van der Waals surface area contributed by atoms with Crippen molar-refractivity contribution < 1.29 is 9.59 Å². The van der Waals surface area contributed by atoms with Crippen molar-refractivity contribution in [3.63, 3.8) is 0 Å². The van der Waals surface area contributed by atoms with Crippen LogP contribution in [0.25, 0.3) is 0 Å². The molecule has 4 heteroatoms. The molecule has 1 aliphatic heterocycles. The Hall–Kier alpha value is -2.75. The minimum Gasteiger partial charge on any atom is -0.298 e. The number of anilines is 1. The molecule has 3 rings (SSSR count). The predicted molar refractivity (Wildman–Crippen MR) is 90.4 cm³/mol. The number of ketones is 1. The minimum absolute atomic E-state index is 0.111. The molecule has 0 radical (unpaired) electrons. The quantitative estimate of drug-likeness (QED) is 0.815. The first kappa shape index (κ1) is 15.2. The number of amides is 1. The lowest BCUT2D eigenvalue weighted by atomic mass is 9.93. The van der Waals surface area contributed by atoms with E-state index in [1.807, 2.05) is 61.5 Å².